The third-order valence-corrected chi connectivity index (χ3v) is 4.67. The summed E-state index contributed by atoms with van der Waals surface area (Å²) in [6.07, 6.45) is 3.58. The van der Waals surface area contributed by atoms with Crippen LogP contribution in [-0.2, 0) is 13.1 Å². The first-order chi connectivity index (χ1) is 14.5. The van der Waals surface area contributed by atoms with Gasteiger partial charge in [0.15, 0.2) is 17.5 Å². The van der Waals surface area contributed by atoms with Gasteiger partial charge in [-0.05, 0) is 37.1 Å². The lowest BCUT2D eigenvalue weighted by Crippen LogP contribution is -2.41. The molecule has 3 aromatic rings. The van der Waals surface area contributed by atoms with Gasteiger partial charge in [-0.25, -0.2) is 9.37 Å². The zero-order valence-electron chi connectivity index (χ0n) is 18.0. The van der Waals surface area contributed by atoms with Gasteiger partial charge >= 0.3 is 0 Å². The molecule has 0 saturated carbocycles. The lowest BCUT2D eigenvalue weighted by Gasteiger charge is -2.18. The number of rotatable bonds is 8. The zero-order valence-corrected chi connectivity index (χ0v) is 20.3. The van der Waals surface area contributed by atoms with E-state index in [0.29, 0.717) is 19.0 Å². The van der Waals surface area contributed by atoms with E-state index >= 15 is 0 Å². The molecular formula is C23H29FIN5O. The van der Waals surface area contributed by atoms with Gasteiger partial charge in [0, 0.05) is 32.5 Å². The third-order valence-electron chi connectivity index (χ3n) is 4.67. The molecule has 166 valence electrons. The lowest BCUT2D eigenvalue weighted by molar-refractivity contribution is 0.214. The van der Waals surface area contributed by atoms with Crippen molar-refractivity contribution in [2.24, 2.45) is 4.99 Å². The Morgan fingerprint density at radius 1 is 1.16 bits per heavy atom. The second-order valence-corrected chi connectivity index (χ2v) is 7.09. The highest BCUT2D eigenvalue weighted by molar-refractivity contribution is 14.0. The fourth-order valence-electron chi connectivity index (χ4n) is 3.05. The standard InChI is InChI=1S/C23H28FN5O.HI/c1-17(30-22-10-5-4-9-21(22)24)14-27-23(25-3)28-15-19-7-6-8-20(13-19)16-29-12-11-26-18(29)2;/h4-13,17H,14-16H2,1-3H3,(H2,25,27,28);1H. The second kappa shape index (κ2) is 12.3. The van der Waals surface area contributed by atoms with Crippen LogP contribution in [0.5, 0.6) is 5.75 Å². The van der Waals surface area contributed by atoms with Crippen LogP contribution in [0, 0.1) is 12.7 Å². The molecular weight excluding hydrogens is 508 g/mol. The van der Waals surface area contributed by atoms with Crippen molar-refractivity contribution >= 4 is 29.9 Å². The highest BCUT2D eigenvalue weighted by atomic mass is 127. The van der Waals surface area contributed by atoms with Crippen molar-refractivity contribution in [1.29, 1.82) is 0 Å². The average Bonchev–Trinajstić information content (AvgIpc) is 3.14. The number of aromatic nitrogens is 2. The van der Waals surface area contributed by atoms with Gasteiger partial charge in [0.1, 0.15) is 11.9 Å². The molecule has 0 fully saturated rings. The number of halogens is 2. The molecule has 0 aliphatic heterocycles. The largest absolute Gasteiger partial charge is 0.486 e. The molecule has 0 amide bonds. The Balaban J connectivity index is 0.00000341. The Morgan fingerprint density at radius 2 is 1.94 bits per heavy atom. The summed E-state index contributed by atoms with van der Waals surface area (Å²) >= 11 is 0. The molecule has 0 spiro atoms. The molecule has 3 rings (SSSR count). The number of para-hydroxylation sites is 1. The molecule has 0 aliphatic carbocycles. The first-order valence-corrected chi connectivity index (χ1v) is 9.96. The maximum Gasteiger partial charge on any atom is 0.191 e. The summed E-state index contributed by atoms with van der Waals surface area (Å²) < 4.78 is 21.5. The monoisotopic (exact) mass is 537 g/mol. The van der Waals surface area contributed by atoms with Crippen molar-refractivity contribution in [3.05, 3.63) is 83.7 Å². The molecule has 2 aromatic carbocycles. The van der Waals surface area contributed by atoms with Crippen molar-refractivity contribution in [3.63, 3.8) is 0 Å². The fraction of sp³-hybridized carbons (Fsp3) is 0.304. The lowest BCUT2D eigenvalue weighted by atomic mass is 10.1. The fourth-order valence-corrected chi connectivity index (χ4v) is 3.05. The number of hydrogen-bond donors (Lipinski definition) is 2. The highest BCUT2D eigenvalue weighted by Crippen LogP contribution is 2.16. The Hall–Kier alpha value is -2.62. The maximum absolute atomic E-state index is 13.7. The number of nitrogens with zero attached hydrogens (tertiary/aromatic N) is 3. The SMILES string of the molecule is CN=C(NCc1cccc(Cn2ccnc2C)c1)NCC(C)Oc1ccccc1F.I. The Labute approximate surface area is 200 Å². The minimum absolute atomic E-state index is 0. The molecule has 0 radical (unpaired) electrons. The van der Waals surface area contributed by atoms with Crippen LogP contribution in [0.3, 0.4) is 0 Å². The quantitative estimate of drug-likeness (QED) is 0.258. The van der Waals surface area contributed by atoms with Crippen LogP contribution in [0.4, 0.5) is 4.39 Å². The minimum atomic E-state index is -0.363. The first kappa shape index (κ1) is 24.6. The number of hydrogen-bond acceptors (Lipinski definition) is 3. The van der Waals surface area contributed by atoms with Crippen LogP contribution < -0.4 is 15.4 Å². The third kappa shape index (κ3) is 7.54. The van der Waals surface area contributed by atoms with E-state index in [0.717, 1.165) is 17.9 Å². The molecule has 0 bridgehead atoms. The zero-order chi connectivity index (χ0) is 21.3. The van der Waals surface area contributed by atoms with Crippen molar-refractivity contribution in [2.75, 3.05) is 13.6 Å². The normalized spacial score (nSPS) is 12.1. The van der Waals surface area contributed by atoms with Gasteiger partial charge < -0.3 is 19.9 Å². The molecule has 1 unspecified atom stereocenters. The number of aliphatic imine (C=N–C) groups is 1. The van der Waals surface area contributed by atoms with Crippen LogP contribution in [-0.4, -0.2) is 35.2 Å². The van der Waals surface area contributed by atoms with E-state index in [1.54, 1.807) is 25.2 Å². The van der Waals surface area contributed by atoms with Crippen molar-refractivity contribution < 1.29 is 9.13 Å². The molecule has 31 heavy (non-hydrogen) atoms. The van der Waals surface area contributed by atoms with E-state index in [9.17, 15) is 4.39 Å². The summed E-state index contributed by atoms with van der Waals surface area (Å²) in [7, 11) is 1.72. The van der Waals surface area contributed by atoms with Crippen molar-refractivity contribution in [1.82, 2.24) is 20.2 Å². The number of imidazole rings is 1. The second-order valence-electron chi connectivity index (χ2n) is 7.09. The highest BCUT2D eigenvalue weighted by Gasteiger charge is 2.09. The Kier molecular flexibility index (Phi) is 9.77. The summed E-state index contributed by atoms with van der Waals surface area (Å²) in [4.78, 5) is 8.51. The van der Waals surface area contributed by atoms with E-state index in [4.69, 9.17) is 4.74 Å². The molecule has 1 atom stereocenters. The van der Waals surface area contributed by atoms with E-state index < -0.39 is 0 Å². The molecule has 6 nitrogen and oxygen atoms in total. The number of benzene rings is 2. The molecule has 0 aliphatic rings. The van der Waals surface area contributed by atoms with Crippen LogP contribution in [0.2, 0.25) is 0 Å². The molecule has 0 saturated heterocycles. The van der Waals surface area contributed by atoms with Crippen molar-refractivity contribution in [3.8, 4) is 5.75 Å². The van der Waals surface area contributed by atoms with E-state index in [1.165, 1.54) is 11.6 Å². The van der Waals surface area contributed by atoms with Crippen molar-refractivity contribution in [2.45, 2.75) is 33.0 Å². The summed E-state index contributed by atoms with van der Waals surface area (Å²) in [5, 5.41) is 6.52. The smallest absolute Gasteiger partial charge is 0.191 e. The van der Waals surface area contributed by atoms with Crippen LogP contribution in [0.25, 0.3) is 0 Å². The molecule has 1 aromatic heterocycles. The van der Waals surface area contributed by atoms with Gasteiger partial charge in [-0.1, -0.05) is 36.4 Å². The molecule has 1 heterocycles. The number of nitrogens with one attached hydrogen (secondary N) is 2. The Morgan fingerprint density at radius 3 is 2.65 bits per heavy atom. The summed E-state index contributed by atoms with van der Waals surface area (Å²) in [6.45, 7) is 5.80. The van der Waals surface area contributed by atoms with Gasteiger partial charge in [0.05, 0.1) is 6.54 Å². The van der Waals surface area contributed by atoms with Gasteiger partial charge in [-0.2, -0.15) is 0 Å². The van der Waals surface area contributed by atoms with Crippen LogP contribution in [0.15, 0.2) is 65.9 Å². The first-order valence-electron chi connectivity index (χ1n) is 9.96. The maximum atomic E-state index is 13.7. The molecule has 8 heteroatoms. The number of guanidine groups is 1. The number of ether oxygens (including phenoxy) is 1. The van der Waals surface area contributed by atoms with E-state index in [1.807, 2.05) is 26.2 Å². The Bertz CT molecular complexity index is 991. The van der Waals surface area contributed by atoms with E-state index in [2.05, 4.69) is 49.4 Å². The number of aryl methyl sites for hydroxylation is 1. The van der Waals surface area contributed by atoms with Gasteiger partial charge in [0.2, 0.25) is 0 Å². The van der Waals surface area contributed by atoms with Crippen LogP contribution in [0.1, 0.15) is 23.9 Å². The van der Waals surface area contributed by atoms with E-state index in [-0.39, 0.29) is 41.6 Å². The van der Waals surface area contributed by atoms with Crippen LogP contribution >= 0.6 is 24.0 Å². The predicted octanol–water partition coefficient (Wildman–Crippen LogP) is 4.13. The van der Waals surface area contributed by atoms with Gasteiger partial charge in [0.25, 0.3) is 0 Å². The topological polar surface area (TPSA) is 63.5 Å². The summed E-state index contributed by atoms with van der Waals surface area (Å²) in [5.41, 5.74) is 2.37. The van der Waals surface area contributed by atoms with Gasteiger partial charge in [-0.15, -0.1) is 24.0 Å². The summed E-state index contributed by atoms with van der Waals surface area (Å²) in [5.74, 6) is 1.54. The predicted molar refractivity (Wildman–Crippen MR) is 133 cm³/mol. The summed E-state index contributed by atoms with van der Waals surface area (Å²) in [6, 6.07) is 14.8. The average molecular weight is 537 g/mol. The minimum Gasteiger partial charge on any atom is -0.486 e. The molecule has 2 N–H and O–H groups in total. The van der Waals surface area contributed by atoms with Gasteiger partial charge in [-0.3, -0.25) is 4.99 Å².